The molecule has 17 heavy (non-hydrogen) atoms. The van der Waals surface area contributed by atoms with Gasteiger partial charge in [-0.05, 0) is 54.7 Å². The first-order chi connectivity index (χ1) is 8.17. The highest BCUT2D eigenvalue weighted by Crippen LogP contribution is 2.33. The van der Waals surface area contributed by atoms with E-state index in [1.807, 2.05) is 12.3 Å². The van der Waals surface area contributed by atoms with Gasteiger partial charge in [-0.3, -0.25) is 0 Å². The van der Waals surface area contributed by atoms with Gasteiger partial charge in [0.25, 0.3) is 0 Å². The van der Waals surface area contributed by atoms with Crippen LogP contribution in [0.2, 0.25) is 0 Å². The number of furan rings is 1. The van der Waals surface area contributed by atoms with Gasteiger partial charge in [-0.25, -0.2) is 0 Å². The van der Waals surface area contributed by atoms with E-state index < -0.39 is 0 Å². The average Bonchev–Trinajstić information content (AvgIpc) is 2.57. The molecule has 1 aromatic heterocycles. The van der Waals surface area contributed by atoms with E-state index in [9.17, 15) is 0 Å². The lowest BCUT2D eigenvalue weighted by molar-refractivity contribution is 0.554. The summed E-state index contributed by atoms with van der Waals surface area (Å²) in [5, 5.41) is 0. The molecule has 0 spiro atoms. The number of aryl methyl sites for hydroxylation is 1. The molecule has 1 heterocycles. The lowest BCUT2D eigenvalue weighted by Crippen LogP contribution is -1.89. The minimum Gasteiger partial charge on any atom is -0.464 e. The Morgan fingerprint density at radius 1 is 1.29 bits per heavy atom. The molecule has 0 amide bonds. The Morgan fingerprint density at radius 2 is 2.06 bits per heavy atom. The molecular weight excluding hydrogens is 208 g/mol. The summed E-state index contributed by atoms with van der Waals surface area (Å²) in [5.41, 5.74) is 6.21. The van der Waals surface area contributed by atoms with Crippen molar-refractivity contribution in [2.24, 2.45) is 0 Å². The monoisotopic (exact) mass is 226 g/mol. The maximum absolute atomic E-state index is 5.58. The van der Waals surface area contributed by atoms with Crippen molar-refractivity contribution in [3.8, 4) is 0 Å². The van der Waals surface area contributed by atoms with Crippen molar-refractivity contribution in [2.75, 3.05) is 0 Å². The van der Waals surface area contributed by atoms with Gasteiger partial charge in [0, 0.05) is 5.56 Å². The van der Waals surface area contributed by atoms with Gasteiger partial charge in [0.2, 0.25) is 0 Å². The first-order valence-corrected chi connectivity index (χ1v) is 5.97. The van der Waals surface area contributed by atoms with Gasteiger partial charge < -0.3 is 4.42 Å². The Labute approximate surface area is 103 Å². The van der Waals surface area contributed by atoms with Crippen LogP contribution in [-0.4, -0.2) is 0 Å². The highest BCUT2D eigenvalue weighted by molar-refractivity contribution is 5.76. The van der Waals surface area contributed by atoms with Gasteiger partial charge in [0.1, 0.15) is 5.76 Å². The molecule has 0 radical (unpaired) electrons. The fraction of sp³-hybridized carbons (Fsp3) is 0.250. The zero-order valence-electron chi connectivity index (χ0n) is 10.7. The van der Waals surface area contributed by atoms with Crippen LogP contribution in [0.3, 0.4) is 0 Å². The lowest BCUT2D eigenvalue weighted by atomic mass is 9.96. The predicted molar refractivity (Wildman–Crippen MR) is 73.6 cm³/mol. The molecule has 0 unspecified atom stereocenters. The molecule has 0 aromatic carbocycles. The molecule has 1 aliphatic rings. The molecule has 1 heteroatoms. The summed E-state index contributed by atoms with van der Waals surface area (Å²) in [7, 11) is 0. The zero-order valence-corrected chi connectivity index (χ0v) is 10.7. The Morgan fingerprint density at radius 3 is 2.71 bits per heavy atom. The molecular formula is C16H18O. The van der Waals surface area contributed by atoms with Crippen molar-refractivity contribution in [3.63, 3.8) is 0 Å². The van der Waals surface area contributed by atoms with E-state index in [4.69, 9.17) is 4.42 Å². The SMILES string of the molecule is C=C/C=C1/C(C)=Cc2occ(C)c2C=C1CC. The fourth-order valence-electron chi connectivity index (χ4n) is 2.20. The highest BCUT2D eigenvalue weighted by atomic mass is 16.3. The van der Waals surface area contributed by atoms with Gasteiger partial charge in [-0.2, -0.15) is 0 Å². The van der Waals surface area contributed by atoms with Crippen LogP contribution in [0, 0.1) is 6.92 Å². The van der Waals surface area contributed by atoms with Crippen molar-refractivity contribution < 1.29 is 4.42 Å². The van der Waals surface area contributed by atoms with Crippen LogP contribution in [0.25, 0.3) is 12.2 Å². The number of rotatable bonds is 2. The second kappa shape index (κ2) is 4.62. The summed E-state index contributed by atoms with van der Waals surface area (Å²) in [4.78, 5) is 0. The molecule has 0 atom stereocenters. The van der Waals surface area contributed by atoms with E-state index in [0.29, 0.717) is 0 Å². The van der Waals surface area contributed by atoms with Crippen LogP contribution in [0.15, 0.2) is 46.1 Å². The van der Waals surface area contributed by atoms with Gasteiger partial charge in [-0.15, -0.1) is 0 Å². The molecule has 88 valence electrons. The van der Waals surface area contributed by atoms with E-state index in [1.54, 1.807) is 0 Å². The minimum absolute atomic E-state index is 0.957. The molecule has 0 N–H and O–H groups in total. The first kappa shape index (κ1) is 11.7. The van der Waals surface area contributed by atoms with Crippen LogP contribution in [0.1, 0.15) is 37.2 Å². The van der Waals surface area contributed by atoms with Gasteiger partial charge in [0.05, 0.1) is 6.26 Å². The molecule has 0 aliphatic heterocycles. The molecule has 1 aliphatic carbocycles. The summed E-state index contributed by atoms with van der Waals surface area (Å²) in [6.07, 6.45) is 11.1. The van der Waals surface area contributed by atoms with E-state index >= 15 is 0 Å². The van der Waals surface area contributed by atoms with Crippen molar-refractivity contribution >= 4 is 12.2 Å². The third-order valence-corrected chi connectivity index (χ3v) is 3.16. The Bertz CT molecular complexity index is 536. The third-order valence-electron chi connectivity index (χ3n) is 3.16. The Hall–Kier alpha value is -1.76. The summed E-state index contributed by atoms with van der Waals surface area (Å²) in [6, 6.07) is 0. The maximum atomic E-state index is 5.58. The number of allylic oxidation sites excluding steroid dienone is 5. The Kier molecular flexibility index (Phi) is 3.19. The second-order valence-corrected chi connectivity index (χ2v) is 4.36. The quantitative estimate of drug-likeness (QED) is 0.698. The van der Waals surface area contributed by atoms with Crippen LogP contribution < -0.4 is 0 Å². The largest absolute Gasteiger partial charge is 0.464 e. The Balaban J connectivity index is 2.67. The molecule has 0 bridgehead atoms. The van der Waals surface area contributed by atoms with Crippen molar-refractivity contribution in [2.45, 2.75) is 27.2 Å². The summed E-state index contributed by atoms with van der Waals surface area (Å²) < 4.78 is 5.58. The lowest BCUT2D eigenvalue weighted by Gasteiger charge is -2.08. The first-order valence-electron chi connectivity index (χ1n) is 5.97. The molecule has 2 rings (SSSR count). The van der Waals surface area contributed by atoms with Crippen LogP contribution in [-0.2, 0) is 0 Å². The zero-order chi connectivity index (χ0) is 12.4. The van der Waals surface area contributed by atoms with E-state index in [0.717, 1.165) is 12.2 Å². The van der Waals surface area contributed by atoms with E-state index in [-0.39, 0.29) is 0 Å². The van der Waals surface area contributed by atoms with Crippen molar-refractivity contribution in [1.82, 2.24) is 0 Å². The van der Waals surface area contributed by atoms with Crippen LogP contribution in [0.4, 0.5) is 0 Å². The second-order valence-electron chi connectivity index (χ2n) is 4.36. The number of hydrogen-bond donors (Lipinski definition) is 0. The summed E-state index contributed by atoms with van der Waals surface area (Å²) >= 11 is 0. The van der Waals surface area contributed by atoms with Gasteiger partial charge in [-0.1, -0.05) is 25.7 Å². The van der Waals surface area contributed by atoms with E-state index in [2.05, 4.69) is 45.6 Å². The van der Waals surface area contributed by atoms with Crippen LogP contribution >= 0.6 is 0 Å². The highest BCUT2D eigenvalue weighted by Gasteiger charge is 2.15. The molecule has 1 nitrogen and oxygen atoms in total. The number of fused-ring (bicyclic) bond motifs is 1. The molecule has 0 saturated carbocycles. The smallest absolute Gasteiger partial charge is 0.134 e. The van der Waals surface area contributed by atoms with Gasteiger partial charge >= 0.3 is 0 Å². The third kappa shape index (κ3) is 2.05. The predicted octanol–water partition coefficient (Wildman–Crippen LogP) is 4.91. The molecule has 0 fully saturated rings. The maximum Gasteiger partial charge on any atom is 0.134 e. The summed E-state index contributed by atoms with van der Waals surface area (Å²) in [5.74, 6) is 0.957. The van der Waals surface area contributed by atoms with Crippen molar-refractivity contribution in [1.29, 1.82) is 0 Å². The van der Waals surface area contributed by atoms with Gasteiger partial charge in [0.15, 0.2) is 0 Å². The fourth-order valence-corrected chi connectivity index (χ4v) is 2.20. The normalized spacial score (nSPS) is 17.2. The molecule has 0 saturated heterocycles. The summed E-state index contributed by atoms with van der Waals surface area (Å²) in [6.45, 7) is 10.2. The van der Waals surface area contributed by atoms with Crippen molar-refractivity contribution in [3.05, 3.63) is 58.6 Å². The van der Waals surface area contributed by atoms with E-state index in [1.165, 1.54) is 27.8 Å². The molecule has 1 aromatic rings. The minimum atomic E-state index is 0.957. The average molecular weight is 226 g/mol. The van der Waals surface area contributed by atoms with Crippen LogP contribution in [0.5, 0.6) is 0 Å². The standard InChI is InChI=1S/C16H18O/c1-5-7-14-11(3)8-16-15(9-13(14)6-2)12(4)10-17-16/h5,7-10H,1,6H2,2-4H3/b14-7-. The number of hydrogen-bond acceptors (Lipinski definition) is 1. The topological polar surface area (TPSA) is 13.1 Å².